The second-order valence-corrected chi connectivity index (χ2v) is 6.93. The number of anilines is 1. The molecular weight excluding hydrogens is 463 g/mol. The average molecular weight is 491 g/mol. The van der Waals surface area contributed by atoms with E-state index in [1.165, 1.54) is 11.3 Å². The molecule has 1 aromatic rings. The van der Waals surface area contributed by atoms with Gasteiger partial charge >= 0.3 is 0 Å². The standard InChI is InChI=1S/C19H27ClN4O.HI/c1-21-19(22-9-5-15-7-11-25-12-8-15)23-17-6-10-24(14-17)18-4-2-3-16(20)13-18;/h2-4,7,13,17H,5-6,8-12,14H2,1H3,(H2,21,22,23);1H. The second kappa shape index (κ2) is 11.0. The summed E-state index contributed by atoms with van der Waals surface area (Å²) in [6.45, 7) is 4.49. The first-order valence-electron chi connectivity index (χ1n) is 8.98. The van der Waals surface area contributed by atoms with Gasteiger partial charge in [0.05, 0.1) is 13.2 Å². The van der Waals surface area contributed by atoms with Crippen LogP contribution in [0.3, 0.4) is 0 Å². The molecule has 5 nitrogen and oxygen atoms in total. The lowest BCUT2D eigenvalue weighted by molar-refractivity contribution is 0.153. The van der Waals surface area contributed by atoms with Crippen LogP contribution in [0.5, 0.6) is 0 Å². The van der Waals surface area contributed by atoms with Gasteiger partial charge in [-0.2, -0.15) is 0 Å². The fourth-order valence-corrected chi connectivity index (χ4v) is 3.49. The molecule has 0 amide bonds. The van der Waals surface area contributed by atoms with Gasteiger partial charge in [0.2, 0.25) is 0 Å². The SMILES string of the molecule is CN=C(NCCC1=CCOCC1)NC1CCN(c2cccc(Cl)c2)C1.I. The third-order valence-electron chi connectivity index (χ3n) is 4.72. The molecule has 2 N–H and O–H groups in total. The zero-order chi connectivity index (χ0) is 17.5. The van der Waals surface area contributed by atoms with Gasteiger partial charge in [0.1, 0.15) is 0 Å². The first kappa shape index (κ1) is 21.3. The minimum absolute atomic E-state index is 0. The van der Waals surface area contributed by atoms with Crippen molar-refractivity contribution in [3.05, 3.63) is 40.9 Å². The quantitative estimate of drug-likeness (QED) is 0.287. The number of hydrogen-bond donors (Lipinski definition) is 2. The Balaban J connectivity index is 0.00000243. The lowest BCUT2D eigenvalue weighted by Gasteiger charge is -2.21. The maximum atomic E-state index is 6.10. The average Bonchev–Trinajstić information content (AvgIpc) is 3.10. The zero-order valence-electron chi connectivity index (χ0n) is 15.2. The molecule has 1 fully saturated rings. The predicted molar refractivity (Wildman–Crippen MR) is 120 cm³/mol. The fraction of sp³-hybridized carbons (Fsp3) is 0.526. The van der Waals surface area contributed by atoms with Crippen LogP contribution in [0.1, 0.15) is 19.3 Å². The van der Waals surface area contributed by atoms with Crippen LogP contribution in [0.15, 0.2) is 40.9 Å². The highest BCUT2D eigenvalue weighted by Crippen LogP contribution is 2.23. The van der Waals surface area contributed by atoms with Crippen LogP contribution >= 0.6 is 35.6 Å². The minimum atomic E-state index is 0. The van der Waals surface area contributed by atoms with Crippen molar-refractivity contribution in [1.82, 2.24) is 10.6 Å². The molecule has 2 aliphatic rings. The second-order valence-electron chi connectivity index (χ2n) is 6.49. The Hall–Kier alpha value is -0.990. The lowest BCUT2D eigenvalue weighted by Crippen LogP contribution is -2.45. The number of rotatable bonds is 5. The molecular formula is C19H28ClIN4O. The summed E-state index contributed by atoms with van der Waals surface area (Å²) in [5.74, 6) is 0.880. The normalized spacial score (nSPS) is 20.4. The van der Waals surface area contributed by atoms with Gasteiger partial charge in [0.25, 0.3) is 0 Å². The molecule has 3 rings (SSSR count). The Morgan fingerprint density at radius 3 is 3.04 bits per heavy atom. The number of nitrogens with one attached hydrogen (secondary N) is 2. The van der Waals surface area contributed by atoms with Crippen molar-refractivity contribution in [3.8, 4) is 0 Å². The van der Waals surface area contributed by atoms with Crippen molar-refractivity contribution in [1.29, 1.82) is 0 Å². The maximum absolute atomic E-state index is 6.10. The molecule has 26 heavy (non-hydrogen) atoms. The molecule has 2 aliphatic heterocycles. The van der Waals surface area contributed by atoms with Crippen LogP contribution in [0, 0.1) is 0 Å². The molecule has 0 aromatic heterocycles. The molecule has 2 heterocycles. The van der Waals surface area contributed by atoms with E-state index < -0.39 is 0 Å². The molecule has 1 aromatic carbocycles. The van der Waals surface area contributed by atoms with E-state index in [0.29, 0.717) is 6.04 Å². The van der Waals surface area contributed by atoms with Crippen LogP contribution in [0.25, 0.3) is 0 Å². The van der Waals surface area contributed by atoms with E-state index >= 15 is 0 Å². The van der Waals surface area contributed by atoms with Gasteiger partial charge in [-0.3, -0.25) is 4.99 Å². The van der Waals surface area contributed by atoms with E-state index in [9.17, 15) is 0 Å². The number of benzene rings is 1. The van der Waals surface area contributed by atoms with Gasteiger partial charge in [-0.1, -0.05) is 29.3 Å². The van der Waals surface area contributed by atoms with Crippen LogP contribution in [0.4, 0.5) is 5.69 Å². The highest BCUT2D eigenvalue weighted by Gasteiger charge is 2.23. The monoisotopic (exact) mass is 490 g/mol. The summed E-state index contributed by atoms with van der Waals surface area (Å²) < 4.78 is 5.35. The predicted octanol–water partition coefficient (Wildman–Crippen LogP) is 3.44. The number of halogens is 2. The van der Waals surface area contributed by atoms with Gasteiger partial charge < -0.3 is 20.3 Å². The fourth-order valence-electron chi connectivity index (χ4n) is 3.31. The van der Waals surface area contributed by atoms with Crippen molar-refractivity contribution in [2.45, 2.75) is 25.3 Å². The largest absolute Gasteiger partial charge is 0.377 e. The molecule has 0 radical (unpaired) electrons. The molecule has 1 unspecified atom stereocenters. The molecule has 144 valence electrons. The molecule has 0 aliphatic carbocycles. The Labute approximate surface area is 178 Å². The van der Waals surface area contributed by atoms with Gasteiger partial charge in [-0.05, 0) is 37.5 Å². The van der Waals surface area contributed by atoms with Crippen molar-refractivity contribution >= 4 is 47.2 Å². The van der Waals surface area contributed by atoms with Crippen molar-refractivity contribution in [3.63, 3.8) is 0 Å². The topological polar surface area (TPSA) is 48.9 Å². The van der Waals surface area contributed by atoms with E-state index in [-0.39, 0.29) is 24.0 Å². The Kier molecular flexibility index (Phi) is 9.01. The number of aliphatic imine (C=N–C) groups is 1. The first-order valence-corrected chi connectivity index (χ1v) is 9.36. The molecule has 0 bridgehead atoms. The molecule has 7 heteroatoms. The summed E-state index contributed by atoms with van der Waals surface area (Å²) in [6, 6.07) is 8.45. The third-order valence-corrected chi connectivity index (χ3v) is 4.96. The van der Waals surface area contributed by atoms with Crippen LogP contribution < -0.4 is 15.5 Å². The van der Waals surface area contributed by atoms with Gasteiger partial charge in [0, 0.05) is 43.4 Å². The van der Waals surface area contributed by atoms with Gasteiger partial charge in [-0.15, -0.1) is 24.0 Å². The van der Waals surface area contributed by atoms with E-state index in [4.69, 9.17) is 16.3 Å². The van der Waals surface area contributed by atoms with E-state index in [2.05, 4.69) is 32.7 Å². The van der Waals surface area contributed by atoms with Gasteiger partial charge in [-0.25, -0.2) is 0 Å². The number of hydrogen-bond acceptors (Lipinski definition) is 3. The molecule has 0 spiro atoms. The lowest BCUT2D eigenvalue weighted by atomic mass is 10.1. The zero-order valence-corrected chi connectivity index (χ0v) is 18.3. The highest BCUT2D eigenvalue weighted by molar-refractivity contribution is 14.0. The van der Waals surface area contributed by atoms with Crippen molar-refractivity contribution < 1.29 is 4.74 Å². The van der Waals surface area contributed by atoms with Gasteiger partial charge in [0.15, 0.2) is 5.96 Å². The molecule has 0 saturated carbocycles. The van der Waals surface area contributed by atoms with Crippen LogP contribution in [0.2, 0.25) is 5.02 Å². The minimum Gasteiger partial charge on any atom is -0.377 e. The number of ether oxygens (including phenoxy) is 1. The van der Waals surface area contributed by atoms with Crippen molar-refractivity contribution in [2.24, 2.45) is 4.99 Å². The third kappa shape index (κ3) is 6.32. The van der Waals surface area contributed by atoms with E-state index in [1.807, 2.05) is 25.2 Å². The van der Waals surface area contributed by atoms with Crippen LogP contribution in [-0.2, 0) is 4.74 Å². The van der Waals surface area contributed by atoms with E-state index in [0.717, 1.165) is 63.1 Å². The Bertz CT molecular complexity index is 638. The smallest absolute Gasteiger partial charge is 0.191 e. The number of nitrogens with zero attached hydrogens (tertiary/aromatic N) is 2. The molecule has 1 atom stereocenters. The summed E-state index contributed by atoms with van der Waals surface area (Å²) in [5.41, 5.74) is 2.66. The summed E-state index contributed by atoms with van der Waals surface area (Å²) in [7, 11) is 1.83. The highest BCUT2D eigenvalue weighted by atomic mass is 127. The summed E-state index contributed by atoms with van der Waals surface area (Å²) in [5, 5.41) is 7.75. The van der Waals surface area contributed by atoms with E-state index in [1.54, 1.807) is 0 Å². The summed E-state index contributed by atoms with van der Waals surface area (Å²) in [6.07, 6.45) is 5.38. The Morgan fingerprint density at radius 1 is 1.42 bits per heavy atom. The van der Waals surface area contributed by atoms with Crippen LogP contribution in [-0.4, -0.2) is 51.9 Å². The Morgan fingerprint density at radius 2 is 2.31 bits per heavy atom. The maximum Gasteiger partial charge on any atom is 0.191 e. The first-order chi connectivity index (χ1) is 12.2. The summed E-state index contributed by atoms with van der Waals surface area (Å²) >= 11 is 6.10. The molecule has 1 saturated heterocycles. The summed E-state index contributed by atoms with van der Waals surface area (Å²) in [4.78, 5) is 6.72. The number of guanidine groups is 1. The van der Waals surface area contributed by atoms with Crippen molar-refractivity contribution in [2.75, 3.05) is 44.8 Å².